The third kappa shape index (κ3) is 2.88. The summed E-state index contributed by atoms with van der Waals surface area (Å²) in [5.74, 6) is 3.40. The maximum Gasteiger partial charge on any atom is 0.410 e. The lowest BCUT2D eigenvalue weighted by atomic mass is 10.1. The minimum Gasteiger partial charge on any atom is -0.397 e. The highest BCUT2D eigenvalue weighted by Gasteiger charge is 2.17. The lowest BCUT2D eigenvalue weighted by molar-refractivity contribution is 0.212. The average molecular weight is 353 g/mol. The number of ether oxygens (including phenoxy) is 1. The van der Waals surface area contributed by atoms with E-state index < -0.39 is 6.09 Å². The fraction of sp³-hybridized carbons (Fsp3) is 0.0588. The van der Waals surface area contributed by atoms with Crippen molar-refractivity contribution in [3.63, 3.8) is 0 Å². The van der Waals surface area contributed by atoms with Crippen LogP contribution < -0.4 is 26.6 Å². The van der Waals surface area contributed by atoms with Crippen molar-refractivity contribution in [3.8, 4) is 16.3 Å². The van der Waals surface area contributed by atoms with Crippen molar-refractivity contribution in [2.45, 2.75) is 6.92 Å². The van der Waals surface area contributed by atoms with Crippen LogP contribution in [0.2, 0.25) is 0 Å². The number of amides is 1. The highest BCUT2D eigenvalue weighted by atomic mass is 32.1. The van der Waals surface area contributed by atoms with Gasteiger partial charge in [-0.3, -0.25) is 0 Å². The van der Waals surface area contributed by atoms with E-state index >= 15 is 0 Å². The molecule has 0 aliphatic rings. The second-order valence-electron chi connectivity index (χ2n) is 5.19. The molecule has 0 unspecified atom stereocenters. The van der Waals surface area contributed by atoms with Crippen LogP contribution in [-0.4, -0.2) is 23.0 Å². The molecule has 0 bridgehead atoms. The summed E-state index contributed by atoms with van der Waals surface area (Å²) in [4.78, 5) is 37.8. The van der Waals surface area contributed by atoms with Crippen LogP contribution in [0, 0.1) is 6.92 Å². The average Bonchev–Trinajstić information content (AvgIpc) is 2.89. The predicted molar refractivity (Wildman–Crippen MR) is 93.3 cm³/mol. The molecule has 0 saturated heterocycles. The monoisotopic (exact) mass is 353 g/mol. The zero-order chi connectivity index (χ0) is 18.1. The smallest absolute Gasteiger partial charge is 0.397 e. The van der Waals surface area contributed by atoms with Crippen molar-refractivity contribution in [2.75, 3.05) is 5.73 Å². The third-order valence-corrected chi connectivity index (χ3v) is 4.57. The van der Waals surface area contributed by atoms with Gasteiger partial charge in [0.25, 0.3) is 0 Å². The summed E-state index contributed by atoms with van der Waals surface area (Å²) in [5, 5.41) is 1.10. The number of hydrogen-bond acceptors (Lipinski definition) is 7. The fourth-order valence-corrected chi connectivity index (χ4v) is 3.51. The molecule has 124 valence electrons. The minimum absolute atomic E-state index is 0.107. The van der Waals surface area contributed by atoms with Gasteiger partial charge in [0.15, 0.2) is 0 Å². The molecular formula is C17H11N3O4S. The van der Waals surface area contributed by atoms with Gasteiger partial charge in [-0.1, -0.05) is 17.4 Å². The van der Waals surface area contributed by atoms with Crippen molar-refractivity contribution in [1.82, 2.24) is 4.98 Å². The Hall–Kier alpha value is -3.44. The summed E-state index contributed by atoms with van der Waals surface area (Å²) in [5.41, 5.74) is 13.4. The van der Waals surface area contributed by atoms with E-state index in [2.05, 4.69) is 4.98 Å². The normalized spacial score (nSPS) is 10.3. The van der Waals surface area contributed by atoms with Crippen LogP contribution in [0.15, 0.2) is 24.3 Å². The van der Waals surface area contributed by atoms with Crippen LogP contribution in [0.3, 0.4) is 0 Å². The largest absolute Gasteiger partial charge is 0.410 e. The zero-order valence-electron chi connectivity index (χ0n) is 13.0. The Labute approximate surface area is 144 Å². The van der Waals surface area contributed by atoms with Gasteiger partial charge >= 0.3 is 6.09 Å². The highest BCUT2D eigenvalue weighted by molar-refractivity contribution is 7.21. The molecule has 0 saturated carbocycles. The maximum atomic E-state index is 11.0. The molecule has 0 aliphatic heterocycles. The number of nitrogens with zero attached hydrogens (tertiary/aromatic N) is 1. The summed E-state index contributed by atoms with van der Waals surface area (Å²) >= 11 is 1.09. The molecule has 1 aromatic carbocycles. The van der Waals surface area contributed by atoms with Crippen LogP contribution >= 0.6 is 11.3 Å². The molecule has 0 spiro atoms. The molecule has 25 heavy (non-hydrogen) atoms. The van der Waals surface area contributed by atoms with Crippen molar-refractivity contribution >= 4 is 45.2 Å². The molecule has 0 atom stereocenters. The summed E-state index contributed by atoms with van der Waals surface area (Å²) in [6.45, 7) is 1.84. The van der Waals surface area contributed by atoms with Crippen LogP contribution in [-0.2, 0) is 9.59 Å². The summed E-state index contributed by atoms with van der Waals surface area (Å²) in [6.07, 6.45) is -0.956. The number of carbonyl (C=O) groups excluding carboxylic acids is 3. The Morgan fingerprint density at radius 1 is 1.20 bits per heavy atom. The number of anilines is 1. The van der Waals surface area contributed by atoms with Gasteiger partial charge in [0.05, 0.1) is 21.8 Å². The number of thiophene rings is 1. The molecule has 4 N–H and O–H groups in total. The number of hydrogen-bond donors (Lipinski definition) is 2. The van der Waals surface area contributed by atoms with Gasteiger partial charge in [-0.05, 0) is 30.7 Å². The van der Waals surface area contributed by atoms with Crippen molar-refractivity contribution in [2.24, 2.45) is 5.73 Å². The first-order valence-corrected chi connectivity index (χ1v) is 7.84. The Kier molecular flexibility index (Phi) is 4.09. The van der Waals surface area contributed by atoms with E-state index in [4.69, 9.17) is 16.2 Å². The third-order valence-electron chi connectivity index (χ3n) is 3.59. The molecule has 7 nitrogen and oxygen atoms in total. The number of rotatable bonds is 2. The topological polar surface area (TPSA) is 125 Å². The SMILES string of the molecule is Cc1cc(-c2ccc(=C=O)c(=C=O)c2)nc2sc(OC(N)=O)c(N)c12. The quantitative estimate of drug-likeness (QED) is 0.683. The van der Waals surface area contributed by atoms with E-state index in [9.17, 15) is 14.4 Å². The van der Waals surface area contributed by atoms with Crippen molar-refractivity contribution in [1.29, 1.82) is 0 Å². The number of benzene rings is 1. The number of aryl methyl sites for hydroxylation is 1. The van der Waals surface area contributed by atoms with Gasteiger partial charge in [-0.2, -0.15) is 0 Å². The standard InChI is InChI=1S/C17H11N3O4S/c1-8-4-12(9-2-3-10(6-21)11(5-9)7-22)20-15-13(8)14(18)16(25-15)24-17(19)23/h2-5H,18H2,1H3,(H2,19,23). The lowest BCUT2D eigenvalue weighted by Crippen LogP contribution is -2.26. The number of primary amides is 1. The Balaban J connectivity index is 2.24. The van der Waals surface area contributed by atoms with Gasteiger partial charge in [0.2, 0.25) is 5.06 Å². The molecule has 0 aliphatic carbocycles. The van der Waals surface area contributed by atoms with E-state index in [0.717, 1.165) is 16.9 Å². The molecular weight excluding hydrogens is 342 g/mol. The Morgan fingerprint density at radius 3 is 2.56 bits per heavy atom. The number of nitrogens with two attached hydrogens (primary N) is 2. The van der Waals surface area contributed by atoms with Gasteiger partial charge in [0.1, 0.15) is 16.7 Å². The fourth-order valence-electron chi connectivity index (χ4n) is 2.48. The second kappa shape index (κ2) is 6.22. The first-order chi connectivity index (χ1) is 11.9. The molecule has 3 aromatic rings. The Morgan fingerprint density at radius 2 is 1.92 bits per heavy atom. The van der Waals surface area contributed by atoms with Crippen LogP contribution in [0.25, 0.3) is 21.5 Å². The molecule has 8 heteroatoms. The molecule has 0 radical (unpaired) electrons. The van der Waals surface area contributed by atoms with Gasteiger partial charge in [-0.25, -0.2) is 19.4 Å². The number of fused-ring (bicyclic) bond motifs is 1. The van der Waals surface area contributed by atoms with Crippen LogP contribution in [0.4, 0.5) is 10.5 Å². The molecule has 0 fully saturated rings. The Bertz CT molecular complexity index is 1190. The number of aromatic nitrogens is 1. The molecule has 1 amide bonds. The van der Waals surface area contributed by atoms with Crippen LogP contribution in [0.1, 0.15) is 5.56 Å². The lowest BCUT2D eigenvalue weighted by Gasteiger charge is -2.04. The molecule has 2 aromatic heterocycles. The van der Waals surface area contributed by atoms with Crippen molar-refractivity contribution < 1.29 is 19.1 Å². The van der Waals surface area contributed by atoms with E-state index in [0.29, 0.717) is 27.2 Å². The van der Waals surface area contributed by atoms with E-state index in [1.807, 2.05) is 6.92 Å². The second-order valence-corrected chi connectivity index (χ2v) is 6.15. The minimum atomic E-state index is -0.956. The summed E-state index contributed by atoms with van der Waals surface area (Å²) in [7, 11) is 0. The van der Waals surface area contributed by atoms with E-state index in [1.54, 1.807) is 24.0 Å². The van der Waals surface area contributed by atoms with Crippen molar-refractivity contribution in [3.05, 3.63) is 40.3 Å². The van der Waals surface area contributed by atoms with E-state index in [1.165, 1.54) is 12.1 Å². The highest BCUT2D eigenvalue weighted by Crippen LogP contribution is 2.41. The maximum absolute atomic E-state index is 11.0. The van der Waals surface area contributed by atoms with Gasteiger partial charge < -0.3 is 16.2 Å². The number of pyridine rings is 1. The first-order valence-electron chi connectivity index (χ1n) is 7.02. The predicted octanol–water partition coefficient (Wildman–Crippen LogP) is 0.318. The van der Waals surface area contributed by atoms with Crippen LogP contribution in [0.5, 0.6) is 5.06 Å². The molecule has 2 heterocycles. The summed E-state index contributed by atoms with van der Waals surface area (Å²) in [6, 6.07) is 6.44. The van der Waals surface area contributed by atoms with E-state index in [-0.39, 0.29) is 15.5 Å². The van der Waals surface area contributed by atoms with Gasteiger partial charge in [-0.15, -0.1) is 0 Å². The first kappa shape index (κ1) is 16.4. The molecule has 3 rings (SSSR count). The zero-order valence-corrected chi connectivity index (χ0v) is 13.8. The number of nitrogen functional groups attached to an aromatic ring is 1. The number of carbonyl (C=O) groups is 1. The van der Waals surface area contributed by atoms with Gasteiger partial charge in [0, 0.05) is 10.9 Å². The summed E-state index contributed by atoms with van der Waals surface area (Å²) < 4.78 is 4.90.